The molecule has 8 heteroatoms. The number of carbonyl (C=O) groups is 1. The first-order valence-electron chi connectivity index (χ1n) is 8.18. The maximum Gasteiger partial charge on any atom is 0.276 e. The second kappa shape index (κ2) is 6.60. The zero-order valence-corrected chi connectivity index (χ0v) is 14.2. The van der Waals surface area contributed by atoms with Crippen molar-refractivity contribution in [2.24, 2.45) is 0 Å². The lowest BCUT2D eigenvalue weighted by Gasteiger charge is -2.37. The molecule has 0 N–H and O–H groups in total. The molecule has 0 radical (unpaired) electrons. The molecule has 1 amide bonds. The van der Waals surface area contributed by atoms with Crippen LogP contribution in [0.1, 0.15) is 36.0 Å². The van der Waals surface area contributed by atoms with Crippen molar-refractivity contribution in [2.75, 3.05) is 37.7 Å². The van der Waals surface area contributed by atoms with Crippen LogP contribution in [0, 0.1) is 0 Å². The summed E-state index contributed by atoms with van der Waals surface area (Å²) in [6.45, 7) is 4.68. The van der Waals surface area contributed by atoms with Gasteiger partial charge in [0.05, 0.1) is 11.5 Å². The monoisotopic (exact) mass is 341 g/mol. The number of aromatic nitrogens is 1. The molecule has 23 heavy (non-hydrogen) atoms. The van der Waals surface area contributed by atoms with Gasteiger partial charge in [0, 0.05) is 44.7 Å². The van der Waals surface area contributed by atoms with Gasteiger partial charge in [-0.3, -0.25) is 9.69 Å². The Kier molecular flexibility index (Phi) is 4.72. The Morgan fingerprint density at radius 2 is 2.09 bits per heavy atom. The van der Waals surface area contributed by atoms with E-state index in [1.165, 1.54) is 0 Å². The van der Waals surface area contributed by atoms with Gasteiger partial charge in [-0.05, 0) is 12.8 Å². The van der Waals surface area contributed by atoms with Crippen LogP contribution in [0.3, 0.4) is 0 Å². The van der Waals surface area contributed by atoms with E-state index in [2.05, 4.69) is 10.1 Å². The summed E-state index contributed by atoms with van der Waals surface area (Å²) in [5.41, 5.74) is 0.366. The lowest BCUT2D eigenvalue weighted by Crippen LogP contribution is -2.52. The van der Waals surface area contributed by atoms with Crippen LogP contribution in [0.4, 0.5) is 0 Å². The van der Waals surface area contributed by atoms with Gasteiger partial charge in [-0.15, -0.1) is 0 Å². The first kappa shape index (κ1) is 16.4. The summed E-state index contributed by atoms with van der Waals surface area (Å²) in [4.78, 5) is 16.4. The predicted molar refractivity (Wildman–Crippen MR) is 85.0 cm³/mol. The van der Waals surface area contributed by atoms with Crippen LogP contribution in [0.25, 0.3) is 0 Å². The van der Waals surface area contributed by atoms with Crippen LogP contribution in [0.2, 0.25) is 0 Å². The molecule has 1 aromatic rings. The summed E-state index contributed by atoms with van der Waals surface area (Å²) in [6.07, 6.45) is 2.44. The van der Waals surface area contributed by atoms with Gasteiger partial charge in [-0.2, -0.15) is 0 Å². The number of piperazine rings is 1. The van der Waals surface area contributed by atoms with E-state index in [9.17, 15) is 13.2 Å². The third-order valence-corrected chi connectivity index (χ3v) is 6.35. The van der Waals surface area contributed by atoms with Gasteiger partial charge in [-0.1, -0.05) is 12.1 Å². The van der Waals surface area contributed by atoms with E-state index >= 15 is 0 Å². The Balaban J connectivity index is 1.55. The third kappa shape index (κ3) is 3.74. The number of rotatable bonds is 4. The zero-order valence-electron chi connectivity index (χ0n) is 13.4. The number of sulfone groups is 1. The molecule has 0 saturated carbocycles. The number of amides is 1. The van der Waals surface area contributed by atoms with E-state index in [4.69, 9.17) is 4.52 Å². The van der Waals surface area contributed by atoms with E-state index in [1.807, 2.05) is 6.92 Å². The Bertz CT molecular complexity index is 662. The standard InChI is InChI=1S/C15H23N3O4S/c1-2-3-13-10-14(16-22-13)15(19)18-7-5-17(6-8-18)12-4-9-23(20,21)11-12/h10,12H,2-9,11H2,1H3/t12-/m0/s1. The third-order valence-electron chi connectivity index (χ3n) is 4.60. The summed E-state index contributed by atoms with van der Waals surface area (Å²) >= 11 is 0. The number of carbonyl (C=O) groups excluding carboxylic acids is 1. The quantitative estimate of drug-likeness (QED) is 0.796. The number of hydrogen-bond donors (Lipinski definition) is 0. The van der Waals surface area contributed by atoms with Crippen molar-refractivity contribution < 1.29 is 17.7 Å². The highest BCUT2D eigenvalue weighted by Gasteiger charge is 2.34. The molecular weight excluding hydrogens is 318 g/mol. The summed E-state index contributed by atoms with van der Waals surface area (Å²) in [6, 6.07) is 1.84. The van der Waals surface area contributed by atoms with E-state index < -0.39 is 9.84 Å². The molecule has 0 spiro atoms. The fraction of sp³-hybridized carbons (Fsp3) is 0.733. The Morgan fingerprint density at radius 1 is 1.35 bits per heavy atom. The normalized spacial score (nSPS) is 24.9. The minimum Gasteiger partial charge on any atom is -0.361 e. The molecule has 2 saturated heterocycles. The van der Waals surface area contributed by atoms with E-state index in [0.29, 0.717) is 38.3 Å². The maximum atomic E-state index is 12.4. The smallest absolute Gasteiger partial charge is 0.276 e. The molecule has 0 unspecified atom stereocenters. The molecule has 3 heterocycles. The molecule has 0 aromatic carbocycles. The molecule has 128 valence electrons. The Morgan fingerprint density at radius 3 is 2.70 bits per heavy atom. The summed E-state index contributed by atoms with van der Waals surface area (Å²) in [5, 5.41) is 3.87. The largest absolute Gasteiger partial charge is 0.361 e. The van der Waals surface area contributed by atoms with Crippen LogP contribution >= 0.6 is 0 Å². The van der Waals surface area contributed by atoms with Gasteiger partial charge in [0.2, 0.25) is 0 Å². The Hall–Kier alpha value is -1.41. The fourth-order valence-electron chi connectivity index (χ4n) is 3.29. The van der Waals surface area contributed by atoms with Crippen molar-refractivity contribution in [3.05, 3.63) is 17.5 Å². The molecular formula is C15H23N3O4S. The van der Waals surface area contributed by atoms with E-state index in [0.717, 1.165) is 18.6 Å². The molecule has 0 bridgehead atoms. The minimum atomic E-state index is -2.86. The molecule has 2 aliphatic rings. The summed E-state index contributed by atoms with van der Waals surface area (Å²) < 4.78 is 28.3. The van der Waals surface area contributed by atoms with Crippen molar-refractivity contribution in [3.63, 3.8) is 0 Å². The first-order valence-corrected chi connectivity index (χ1v) is 10.00. The van der Waals surface area contributed by atoms with Gasteiger partial charge in [0.15, 0.2) is 15.5 Å². The van der Waals surface area contributed by atoms with Crippen LogP contribution in [-0.4, -0.2) is 73.0 Å². The highest BCUT2D eigenvalue weighted by Crippen LogP contribution is 2.20. The number of aryl methyl sites for hydroxylation is 1. The molecule has 1 aromatic heterocycles. The zero-order chi connectivity index (χ0) is 16.4. The van der Waals surface area contributed by atoms with Crippen molar-refractivity contribution in [3.8, 4) is 0 Å². The topological polar surface area (TPSA) is 83.7 Å². The summed E-state index contributed by atoms with van der Waals surface area (Å²) in [7, 11) is -2.86. The van der Waals surface area contributed by atoms with Crippen molar-refractivity contribution in [1.82, 2.24) is 15.0 Å². The van der Waals surface area contributed by atoms with Crippen LogP contribution in [0.15, 0.2) is 10.6 Å². The highest BCUT2D eigenvalue weighted by atomic mass is 32.2. The molecule has 2 fully saturated rings. The van der Waals surface area contributed by atoms with Crippen LogP contribution in [0.5, 0.6) is 0 Å². The lowest BCUT2D eigenvalue weighted by atomic mass is 10.2. The highest BCUT2D eigenvalue weighted by molar-refractivity contribution is 7.91. The maximum absolute atomic E-state index is 12.4. The van der Waals surface area contributed by atoms with Crippen LogP contribution < -0.4 is 0 Å². The van der Waals surface area contributed by atoms with Crippen molar-refractivity contribution in [2.45, 2.75) is 32.2 Å². The number of hydrogen-bond acceptors (Lipinski definition) is 6. The van der Waals surface area contributed by atoms with E-state index in [-0.39, 0.29) is 23.5 Å². The van der Waals surface area contributed by atoms with Gasteiger partial charge < -0.3 is 9.42 Å². The van der Waals surface area contributed by atoms with Gasteiger partial charge in [-0.25, -0.2) is 8.42 Å². The molecule has 1 atom stereocenters. The molecule has 7 nitrogen and oxygen atoms in total. The van der Waals surface area contributed by atoms with Crippen molar-refractivity contribution >= 4 is 15.7 Å². The Labute approximate surface area is 136 Å². The summed E-state index contributed by atoms with van der Waals surface area (Å²) in [5.74, 6) is 1.18. The second-order valence-corrected chi connectivity index (χ2v) is 8.54. The van der Waals surface area contributed by atoms with Crippen LogP contribution in [-0.2, 0) is 16.3 Å². The predicted octanol–water partition coefficient (Wildman–Crippen LogP) is 0.572. The average molecular weight is 341 g/mol. The lowest BCUT2D eigenvalue weighted by molar-refractivity contribution is 0.0578. The molecule has 0 aliphatic carbocycles. The first-order chi connectivity index (χ1) is 11.0. The SMILES string of the molecule is CCCc1cc(C(=O)N2CCN([C@H]3CCS(=O)(=O)C3)CC2)no1. The van der Waals surface area contributed by atoms with Crippen molar-refractivity contribution in [1.29, 1.82) is 0 Å². The molecule has 2 aliphatic heterocycles. The minimum absolute atomic E-state index is 0.102. The number of nitrogens with zero attached hydrogens (tertiary/aromatic N) is 3. The van der Waals surface area contributed by atoms with Gasteiger partial charge in [0.1, 0.15) is 5.76 Å². The molecule has 3 rings (SSSR count). The average Bonchev–Trinajstić information content (AvgIpc) is 3.14. The van der Waals surface area contributed by atoms with Gasteiger partial charge in [0.25, 0.3) is 5.91 Å². The fourth-order valence-corrected chi connectivity index (χ4v) is 5.06. The van der Waals surface area contributed by atoms with E-state index in [1.54, 1.807) is 11.0 Å². The van der Waals surface area contributed by atoms with Gasteiger partial charge >= 0.3 is 0 Å². The second-order valence-electron chi connectivity index (χ2n) is 6.31.